The van der Waals surface area contributed by atoms with Crippen molar-refractivity contribution in [2.75, 3.05) is 14.1 Å². The Morgan fingerprint density at radius 1 is 0.786 bits per heavy atom. The highest BCUT2D eigenvalue weighted by Crippen LogP contribution is 2.43. The van der Waals surface area contributed by atoms with Gasteiger partial charge < -0.3 is 4.48 Å². The summed E-state index contributed by atoms with van der Waals surface area (Å²) in [6.45, 7) is 0. The lowest BCUT2D eigenvalue weighted by atomic mass is 9.85. The molecular formula is C23H24F4N+. The maximum atomic E-state index is 13.9. The van der Waals surface area contributed by atoms with Gasteiger partial charge >= 0.3 is 0 Å². The van der Waals surface area contributed by atoms with Crippen molar-refractivity contribution in [3.05, 3.63) is 76.9 Å². The van der Waals surface area contributed by atoms with Gasteiger partial charge in [-0.2, -0.15) is 0 Å². The Kier molecular flexibility index (Phi) is 4.82. The van der Waals surface area contributed by atoms with Gasteiger partial charge in [0, 0.05) is 25.7 Å². The first-order chi connectivity index (χ1) is 13.3. The van der Waals surface area contributed by atoms with E-state index in [9.17, 15) is 17.6 Å². The lowest BCUT2D eigenvalue weighted by molar-refractivity contribution is -0.931. The van der Waals surface area contributed by atoms with Gasteiger partial charge in [-0.1, -0.05) is 18.2 Å². The Labute approximate surface area is 162 Å². The molecule has 2 aliphatic rings. The van der Waals surface area contributed by atoms with Crippen LogP contribution in [0.15, 0.2) is 42.5 Å². The number of hydrogen-bond acceptors (Lipinski definition) is 0. The molecule has 2 aromatic carbocycles. The topological polar surface area (TPSA) is 0 Å². The molecule has 148 valence electrons. The summed E-state index contributed by atoms with van der Waals surface area (Å²) in [4.78, 5) is 0. The Morgan fingerprint density at radius 3 is 1.68 bits per heavy atom. The Balaban J connectivity index is 1.76. The van der Waals surface area contributed by atoms with Crippen molar-refractivity contribution in [1.29, 1.82) is 0 Å². The van der Waals surface area contributed by atoms with Crippen LogP contribution in [0, 0.1) is 29.2 Å². The Hall–Kier alpha value is -2.14. The van der Waals surface area contributed by atoms with Gasteiger partial charge in [-0.3, -0.25) is 0 Å². The van der Waals surface area contributed by atoms with Crippen LogP contribution in [0.4, 0.5) is 17.6 Å². The quantitative estimate of drug-likeness (QED) is 0.466. The molecule has 0 aliphatic carbocycles. The van der Waals surface area contributed by atoms with E-state index in [1.54, 1.807) is 0 Å². The van der Waals surface area contributed by atoms with Crippen molar-refractivity contribution in [3.8, 4) is 0 Å². The summed E-state index contributed by atoms with van der Waals surface area (Å²) >= 11 is 0. The van der Waals surface area contributed by atoms with E-state index in [0.29, 0.717) is 28.8 Å². The molecule has 0 radical (unpaired) electrons. The lowest BCUT2D eigenvalue weighted by Gasteiger charge is -2.44. The number of allylic oxidation sites excluding steroid dienone is 1. The molecule has 2 unspecified atom stereocenters. The fourth-order valence-corrected chi connectivity index (χ4v) is 4.98. The van der Waals surface area contributed by atoms with Crippen LogP contribution in [0.5, 0.6) is 0 Å². The van der Waals surface area contributed by atoms with Crippen molar-refractivity contribution < 1.29 is 22.0 Å². The van der Waals surface area contributed by atoms with Gasteiger partial charge in [0.05, 0.1) is 26.2 Å². The number of halogens is 4. The third kappa shape index (κ3) is 3.37. The Morgan fingerprint density at radius 2 is 1.25 bits per heavy atom. The van der Waals surface area contributed by atoms with Crippen molar-refractivity contribution >= 4 is 5.57 Å². The maximum Gasteiger partial charge on any atom is 0.159 e. The summed E-state index contributed by atoms with van der Waals surface area (Å²) in [6.07, 6.45) is 6.42. The highest BCUT2D eigenvalue weighted by molar-refractivity contribution is 5.80. The fraction of sp³-hybridized carbons (Fsp3) is 0.391. The third-order valence-corrected chi connectivity index (χ3v) is 6.73. The van der Waals surface area contributed by atoms with Crippen LogP contribution < -0.4 is 0 Å². The zero-order chi connectivity index (χ0) is 20.1. The van der Waals surface area contributed by atoms with Gasteiger partial charge in [-0.05, 0) is 46.9 Å². The van der Waals surface area contributed by atoms with Crippen LogP contribution in [0.3, 0.4) is 0 Å². The van der Waals surface area contributed by atoms with Crippen LogP contribution in [0.1, 0.15) is 36.8 Å². The molecule has 3 atom stereocenters. The first kappa shape index (κ1) is 19.2. The number of nitrogens with zero attached hydrogens (tertiary/aromatic N) is 1. The van der Waals surface area contributed by atoms with E-state index < -0.39 is 23.3 Å². The van der Waals surface area contributed by atoms with Gasteiger partial charge in [-0.15, -0.1) is 0 Å². The fourth-order valence-electron chi connectivity index (χ4n) is 4.98. The molecule has 2 saturated heterocycles. The largest absolute Gasteiger partial charge is 0.324 e. The SMILES string of the molecule is C[N+]1(C)C2CC[C@H]1CC(C=C(c1ccc(F)c(F)c1)c1ccc(F)c(F)c1)C2. The molecule has 0 spiro atoms. The van der Waals surface area contributed by atoms with Crippen molar-refractivity contribution in [2.45, 2.75) is 37.8 Å². The van der Waals surface area contributed by atoms with Crippen LogP contribution in [-0.4, -0.2) is 30.7 Å². The van der Waals surface area contributed by atoms with Crippen LogP contribution in [0.25, 0.3) is 5.57 Å². The summed E-state index contributed by atoms with van der Waals surface area (Å²) < 4.78 is 55.6. The molecule has 0 saturated carbocycles. The second-order valence-corrected chi connectivity index (χ2v) is 8.58. The van der Waals surface area contributed by atoms with Crippen LogP contribution in [-0.2, 0) is 0 Å². The number of piperidine rings is 1. The average molecular weight is 390 g/mol. The highest BCUT2D eigenvalue weighted by Gasteiger charge is 2.48. The summed E-state index contributed by atoms with van der Waals surface area (Å²) in [7, 11) is 4.54. The first-order valence-corrected chi connectivity index (χ1v) is 9.71. The second-order valence-electron chi connectivity index (χ2n) is 8.58. The van der Waals surface area contributed by atoms with E-state index in [2.05, 4.69) is 14.1 Å². The molecule has 4 rings (SSSR count). The van der Waals surface area contributed by atoms with E-state index >= 15 is 0 Å². The molecule has 1 nitrogen and oxygen atoms in total. The molecule has 2 aliphatic heterocycles. The molecule has 0 N–H and O–H groups in total. The molecule has 0 aromatic heterocycles. The summed E-state index contributed by atoms with van der Waals surface area (Å²) in [5.74, 6) is -3.49. The van der Waals surface area contributed by atoms with Crippen LogP contribution >= 0.6 is 0 Å². The number of hydrogen-bond donors (Lipinski definition) is 0. The minimum atomic E-state index is -0.951. The molecule has 2 aromatic rings. The number of rotatable bonds is 3. The van der Waals surface area contributed by atoms with Crippen molar-refractivity contribution in [1.82, 2.24) is 0 Å². The van der Waals surface area contributed by atoms with Crippen LogP contribution in [0.2, 0.25) is 0 Å². The second kappa shape index (κ2) is 7.03. The number of benzene rings is 2. The van der Waals surface area contributed by atoms with Gasteiger partial charge in [0.15, 0.2) is 23.3 Å². The molecule has 28 heavy (non-hydrogen) atoms. The Bertz CT molecular complexity index is 865. The molecule has 5 heteroatoms. The summed E-state index contributed by atoms with van der Waals surface area (Å²) in [5, 5.41) is 0. The first-order valence-electron chi connectivity index (χ1n) is 9.71. The van der Waals surface area contributed by atoms with Gasteiger partial charge in [0.1, 0.15) is 0 Å². The normalized spacial score (nSPS) is 25.6. The monoisotopic (exact) mass is 390 g/mol. The smallest absolute Gasteiger partial charge is 0.159 e. The van der Waals surface area contributed by atoms with E-state index in [1.165, 1.54) is 25.0 Å². The van der Waals surface area contributed by atoms with Gasteiger partial charge in [0.2, 0.25) is 0 Å². The predicted octanol–water partition coefficient (Wildman–Crippen LogP) is 5.69. The van der Waals surface area contributed by atoms with E-state index in [0.717, 1.165) is 41.6 Å². The predicted molar refractivity (Wildman–Crippen MR) is 101 cm³/mol. The van der Waals surface area contributed by atoms with Gasteiger partial charge in [-0.25, -0.2) is 17.6 Å². The summed E-state index contributed by atoms with van der Waals surface area (Å²) in [6, 6.07) is 8.50. The van der Waals surface area contributed by atoms with Crippen molar-refractivity contribution in [2.24, 2.45) is 5.92 Å². The van der Waals surface area contributed by atoms with E-state index in [-0.39, 0.29) is 5.92 Å². The van der Waals surface area contributed by atoms with E-state index in [1.807, 2.05) is 6.08 Å². The number of fused-ring (bicyclic) bond motifs is 2. The molecular weight excluding hydrogens is 366 g/mol. The molecule has 2 heterocycles. The lowest BCUT2D eigenvalue weighted by Crippen LogP contribution is -2.54. The standard InChI is InChI=1S/C23H24F4N/c1-28(2)17-5-6-18(28)10-14(9-17)11-19(15-3-7-20(24)22(26)12-15)16-4-8-21(25)23(27)13-16/h3-4,7-8,11-14,17-18H,5-6,9-10H2,1-2H3/q+1/t14?,17-,18?/m0/s1. The summed E-state index contributed by atoms with van der Waals surface area (Å²) in [5.41, 5.74) is 1.56. The van der Waals surface area contributed by atoms with Crippen molar-refractivity contribution in [3.63, 3.8) is 0 Å². The highest BCUT2D eigenvalue weighted by atomic mass is 19.2. The average Bonchev–Trinajstić information content (AvgIpc) is 2.82. The molecule has 2 fully saturated rings. The zero-order valence-electron chi connectivity index (χ0n) is 16.1. The maximum absolute atomic E-state index is 13.9. The molecule has 0 amide bonds. The zero-order valence-corrected chi connectivity index (χ0v) is 16.1. The third-order valence-electron chi connectivity index (χ3n) is 6.73. The minimum Gasteiger partial charge on any atom is -0.324 e. The van der Waals surface area contributed by atoms with Gasteiger partial charge in [0.25, 0.3) is 0 Å². The molecule has 2 bridgehead atoms. The number of quaternary nitrogens is 1. The van der Waals surface area contributed by atoms with E-state index in [4.69, 9.17) is 0 Å². The minimum absolute atomic E-state index is 0.264.